The number of nitrogens with zero attached hydrogens (tertiary/aromatic N) is 2. The zero-order valence-corrected chi connectivity index (χ0v) is 44.7. The van der Waals surface area contributed by atoms with Crippen molar-refractivity contribution < 1.29 is 25.3 Å². The summed E-state index contributed by atoms with van der Waals surface area (Å²) in [6.07, 6.45) is 34.5. The molecule has 2 aliphatic heterocycles. The van der Waals surface area contributed by atoms with Gasteiger partial charge in [-0.25, -0.2) is 0 Å². The zero-order chi connectivity index (χ0) is 39.2. The van der Waals surface area contributed by atoms with Crippen molar-refractivity contribution in [1.29, 1.82) is 0 Å². The summed E-state index contributed by atoms with van der Waals surface area (Å²) >= 11 is -2.86. The maximum absolute atomic E-state index is 10.3. The Balaban J connectivity index is 0.000000217. The van der Waals surface area contributed by atoms with Crippen LogP contribution < -0.4 is 7.16 Å². The van der Waals surface area contributed by atoms with E-state index in [9.17, 15) is 9.59 Å². The number of hydrogen-bond acceptors (Lipinski definition) is 2. The summed E-state index contributed by atoms with van der Waals surface area (Å²) in [5.41, 5.74) is 0. The van der Waals surface area contributed by atoms with Crippen molar-refractivity contribution in [3.05, 3.63) is 71.3 Å². The molecule has 0 amide bonds. The molecule has 0 atom stereocenters. The number of rotatable bonds is 8. The Kier molecular flexibility index (Phi) is 27.5. The predicted octanol–water partition coefficient (Wildman–Crippen LogP) is 10.4. The molecular formula is C48H77N2O5Sn3. The van der Waals surface area contributed by atoms with Crippen molar-refractivity contribution in [2.75, 3.05) is 26.2 Å². The van der Waals surface area contributed by atoms with Gasteiger partial charge in [0.2, 0.25) is 0 Å². The van der Waals surface area contributed by atoms with E-state index in [1.54, 1.807) is 103 Å². The minimum absolute atomic E-state index is 0. The first-order chi connectivity index (χ1) is 27.5. The van der Waals surface area contributed by atoms with Crippen LogP contribution in [-0.2, 0) is 9.59 Å². The summed E-state index contributed by atoms with van der Waals surface area (Å²) in [6, 6.07) is 22.7. The van der Waals surface area contributed by atoms with E-state index in [0.717, 1.165) is 55.8 Å². The maximum atomic E-state index is 10.3. The van der Waals surface area contributed by atoms with Gasteiger partial charge in [-0.3, -0.25) is 9.59 Å². The van der Waals surface area contributed by atoms with E-state index < -0.39 is 51.5 Å². The van der Waals surface area contributed by atoms with E-state index >= 15 is 0 Å². The molecule has 10 heteroatoms. The summed E-state index contributed by atoms with van der Waals surface area (Å²) in [5.74, 6) is -1.57. The first kappa shape index (κ1) is 52.0. The van der Waals surface area contributed by atoms with Crippen LogP contribution in [0.3, 0.4) is 0 Å². The third-order valence-electron chi connectivity index (χ3n) is 13.7. The molecule has 6 aliphatic rings. The molecule has 321 valence electrons. The number of benzene rings is 2. The molecule has 4 saturated carbocycles. The second kappa shape index (κ2) is 30.7. The van der Waals surface area contributed by atoms with Crippen LogP contribution in [0.15, 0.2) is 60.7 Å². The van der Waals surface area contributed by atoms with Crippen LogP contribution >= 0.6 is 0 Å². The number of carboxylic acids is 2. The first-order valence-electron chi connectivity index (χ1n) is 23.1. The number of carboxylic acid groups (broad SMARTS) is 2. The van der Waals surface area contributed by atoms with Crippen LogP contribution in [0.5, 0.6) is 0 Å². The van der Waals surface area contributed by atoms with Crippen molar-refractivity contribution in [2.24, 2.45) is 11.8 Å². The van der Waals surface area contributed by atoms with E-state index in [4.69, 9.17) is 10.2 Å². The summed E-state index contributed by atoms with van der Waals surface area (Å²) in [5, 5.41) is 25.1. The van der Waals surface area contributed by atoms with Gasteiger partial charge in [0.1, 0.15) is 0 Å². The number of hydrogen-bond donors (Lipinski definition) is 2. The normalized spacial score (nSPS) is 21.4. The molecule has 0 spiro atoms. The molecule has 0 unspecified atom stereocenters. The molecule has 2 aromatic carbocycles. The Morgan fingerprint density at radius 1 is 0.431 bits per heavy atom. The topological polar surface area (TPSA) is 134 Å². The van der Waals surface area contributed by atoms with Crippen LogP contribution in [0.2, 0.25) is 15.7 Å². The molecule has 58 heavy (non-hydrogen) atoms. The molecule has 6 fully saturated rings. The predicted molar refractivity (Wildman–Crippen MR) is 249 cm³/mol. The number of piperidine rings is 2. The van der Waals surface area contributed by atoms with Gasteiger partial charge in [-0.1, -0.05) is 25.7 Å². The average Bonchev–Trinajstić information content (AvgIpc) is 3.27. The molecule has 2 aromatic rings. The van der Waals surface area contributed by atoms with Gasteiger partial charge in [-0.15, -0.1) is 26.2 Å². The molecule has 0 bridgehead atoms. The van der Waals surface area contributed by atoms with E-state index in [1.807, 2.05) is 0 Å². The summed E-state index contributed by atoms with van der Waals surface area (Å²) in [6.45, 7) is 2.93. The van der Waals surface area contributed by atoms with Crippen LogP contribution in [-0.4, -0.2) is 117 Å². The monoisotopic (exact) mass is 1120 g/mol. The molecular weight excluding hydrogens is 1040 g/mol. The van der Waals surface area contributed by atoms with Crippen LogP contribution in [0.4, 0.5) is 0 Å². The van der Waals surface area contributed by atoms with Gasteiger partial charge in [0.25, 0.3) is 0 Å². The van der Waals surface area contributed by atoms with Crippen molar-refractivity contribution in [3.8, 4) is 0 Å². The fourth-order valence-electron chi connectivity index (χ4n) is 10.6. The van der Waals surface area contributed by atoms with Gasteiger partial charge >= 0.3 is 287 Å². The van der Waals surface area contributed by atoms with Crippen LogP contribution in [0.1, 0.15) is 154 Å². The number of carbonyl (C=O) groups is 2. The Labute approximate surface area is 383 Å². The van der Waals surface area contributed by atoms with Crippen molar-refractivity contribution in [2.45, 2.75) is 170 Å². The molecule has 3 radical (unpaired) electrons. The Bertz CT molecular complexity index is 1230. The van der Waals surface area contributed by atoms with Gasteiger partial charge in [-0.05, 0) is 0 Å². The second-order valence-corrected chi connectivity index (χ2v) is 35.4. The van der Waals surface area contributed by atoms with Crippen LogP contribution in [0.25, 0.3) is 10.6 Å². The van der Waals surface area contributed by atoms with Crippen LogP contribution in [0, 0.1) is 11.8 Å². The fourth-order valence-corrected chi connectivity index (χ4v) is 35.1. The van der Waals surface area contributed by atoms with Gasteiger partial charge in [0.05, 0.1) is 11.8 Å². The van der Waals surface area contributed by atoms with Gasteiger partial charge in [-0.2, -0.15) is 0 Å². The molecule has 2 saturated heterocycles. The first-order valence-corrected chi connectivity index (χ1v) is 32.5. The quantitative estimate of drug-likeness (QED) is 0.255. The van der Waals surface area contributed by atoms with Crippen molar-refractivity contribution >= 4 is 82.5 Å². The Hall–Kier alpha value is -0.344. The third-order valence-corrected chi connectivity index (χ3v) is 36.1. The third kappa shape index (κ3) is 18.2. The second-order valence-electron chi connectivity index (χ2n) is 17.6. The van der Waals surface area contributed by atoms with Crippen molar-refractivity contribution in [3.63, 3.8) is 0 Å². The van der Waals surface area contributed by atoms with E-state index in [1.165, 1.54) is 43.9 Å². The average molecular weight is 1120 g/mol. The summed E-state index contributed by atoms with van der Waals surface area (Å²) < 4.78 is 8.35. The summed E-state index contributed by atoms with van der Waals surface area (Å²) in [4.78, 5) is 20.6. The Morgan fingerprint density at radius 2 is 0.707 bits per heavy atom. The Morgan fingerprint density at radius 3 is 0.966 bits per heavy atom. The zero-order valence-electron chi connectivity index (χ0n) is 35.7. The van der Waals surface area contributed by atoms with Gasteiger partial charge in [0, 0.05) is 0 Å². The molecule has 7 nitrogen and oxygen atoms in total. The fraction of sp³-hybridized carbons (Fsp3) is 0.708. The van der Waals surface area contributed by atoms with E-state index in [2.05, 4.69) is 71.3 Å². The van der Waals surface area contributed by atoms with Gasteiger partial charge in [0.15, 0.2) is 0 Å². The molecule has 4 aliphatic carbocycles. The van der Waals surface area contributed by atoms with Crippen molar-refractivity contribution in [1.82, 2.24) is 0 Å². The van der Waals surface area contributed by atoms with E-state index in [0.29, 0.717) is 0 Å². The standard InChI is InChI=1S/2C6H10NO2.4C6H11.2C6H5.H2O.3Sn.H/c2*8-6(9)5-1-3-7-4-2-5;6*1-2-4-6-5-3-1;;;;;/h2*5H,1-4H2,(H,8,9);4*1H,2-6H2;2*1-5H;1H2;;;;/q2*-1;;;;;;;;;2*+1;. The SMILES string of the molecule is C1CC[CH]([Sn+]([CH]2CCCCC2)[CH]2CCCCC2)CC1.O.O=C(O)C1CC[N-]CC1.O=C(O)C1CC[N-]CC1.[SnH].c1cc[c]([Sn+]([c]2ccccc2)[CH]2CCCCC2)cc1. The molecule has 8 rings (SSSR count). The summed E-state index contributed by atoms with van der Waals surface area (Å²) in [7, 11) is 0. The molecule has 2 heterocycles. The van der Waals surface area contributed by atoms with Gasteiger partial charge < -0.3 is 26.3 Å². The number of aliphatic carboxylic acids is 2. The minimum atomic E-state index is -1.70. The van der Waals surface area contributed by atoms with E-state index in [-0.39, 0.29) is 41.2 Å². The molecule has 0 aromatic heterocycles. The molecule has 4 N–H and O–H groups in total.